The summed E-state index contributed by atoms with van der Waals surface area (Å²) in [6.07, 6.45) is 2.06. The van der Waals surface area contributed by atoms with Gasteiger partial charge in [-0.1, -0.05) is 49.7 Å². The van der Waals surface area contributed by atoms with Crippen molar-refractivity contribution in [1.82, 2.24) is 9.97 Å². The summed E-state index contributed by atoms with van der Waals surface area (Å²) in [5, 5.41) is 11.1. The number of nitrogens with one attached hydrogen (secondary N) is 2. The molecule has 26 heavy (non-hydrogen) atoms. The number of aliphatic carboxylic acids is 1. The first kappa shape index (κ1) is 19.5. The van der Waals surface area contributed by atoms with Crippen LogP contribution in [-0.2, 0) is 4.79 Å². The monoisotopic (exact) mass is 376 g/mol. The number of nitrogens with two attached hydrogens (primary N) is 1. The Morgan fingerprint density at radius 3 is 2.62 bits per heavy atom. The number of carboxylic acid groups (broad SMARTS) is 1. The minimum absolute atomic E-state index is 0.105. The van der Waals surface area contributed by atoms with Gasteiger partial charge < -0.3 is 16.2 Å². The van der Waals surface area contributed by atoms with Gasteiger partial charge in [0.15, 0.2) is 11.0 Å². The van der Waals surface area contributed by atoms with E-state index in [1.54, 1.807) is 30.3 Å². The molecule has 138 valence electrons. The van der Waals surface area contributed by atoms with Gasteiger partial charge in [-0.3, -0.25) is 19.4 Å². The number of nitrogen functional groups attached to an aromatic ring is 1. The maximum atomic E-state index is 12.2. The SMILES string of the molecule is CCCC[C@@H](Sc1nc(N)c(NC(=O)c2ccccc2)c(=O)[nH]1)C(=O)O. The van der Waals surface area contributed by atoms with Crippen molar-refractivity contribution in [3.8, 4) is 0 Å². The van der Waals surface area contributed by atoms with Gasteiger partial charge >= 0.3 is 5.97 Å². The summed E-state index contributed by atoms with van der Waals surface area (Å²) in [6, 6.07) is 8.36. The highest BCUT2D eigenvalue weighted by Gasteiger charge is 2.21. The number of aromatic nitrogens is 2. The minimum Gasteiger partial charge on any atom is -0.480 e. The van der Waals surface area contributed by atoms with Crippen LogP contribution in [0.25, 0.3) is 0 Å². The zero-order valence-corrected chi connectivity index (χ0v) is 15.0. The maximum absolute atomic E-state index is 12.2. The number of benzene rings is 1. The van der Waals surface area contributed by atoms with Gasteiger partial charge in [0.05, 0.1) is 0 Å². The van der Waals surface area contributed by atoms with Crippen molar-refractivity contribution in [2.45, 2.75) is 36.6 Å². The van der Waals surface area contributed by atoms with Crippen LogP contribution in [0.4, 0.5) is 11.5 Å². The number of rotatable bonds is 8. The number of thioether (sulfide) groups is 1. The van der Waals surface area contributed by atoms with Gasteiger partial charge in [-0.15, -0.1) is 0 Å². The van der Waals surface area contributed by atoms with Gasteiger partial charge in [-0.05, 0) is 18.6 Å². The fourth-order valence-corrected chi connectivity index (χ4v) is 3.14. The molecule has 1 heterocycles. The Morgan fingerprint density at radius 2 is 2.04 bits per heavy atom. The lowest BCUT2D eigenvalue weighted by Gasteiger charge is -2.12. The van der Waals surface area contributed by atoms with Gasteiger partial charge in [-0.2, -0.15) is 0 Å². The number of hydrogen-bond acceptors (Lipinski definition) is 6. The van der Waals surface area contributed by atoms with Crippen molar-refractivity contribution < 1.29 is 14.7 Å². The molecule has 2 rings (SSSR count). The zero-order valence-electron chi connectivity index (χ0n) is 14.2. The van der Waals surface area contributed by atoms with E-state index >= 15 is 0 Å². The molecule has 2 aromatic rings. The molecule has 1 amide bonds. The number of nitrogens with zero attached hydrogens (tertiary/aromatic N) is 1. The molecule has 0 aliphatic heterocycles. The van der Waals surface area contributed by atoms with E-state index in [1.807, 2.05) is 6.92 Å². The third-order valence-corrected chi connectivity index (χ3v) is 4.69. The number of H-pyrrole nitrogens is 1. The van der Waals surface area contributed by atoms with E-state index < -0.39 is 22.7 Å². The van der Waals surface area contributed by atoms with Crippen LogP contribution in [0.1, 0.15) is 36.5 Å². The number of carboxylic acids is 1. The number of carbonyl (C=O) groups excluding carboxylic acids is 1. The molecule has 9 heteroatoms. The van der Waals surface area contributed by atoms with Crippen LogP contribution in [0.3, 0.4) is 0 Å². The number of aromatic amines is 1. The van der Waals surface area contributed by atoms with Crippen molar-refractivity contribution >= 4 is 35.1 Å². The molecule has 0 saturated carbocycles. The zero-order chi connectivity index (χ0) is 19.1. The molecule has 1 aromatic carbocycles. The van der Waals surface area contributed by atoms with E-state index in [-0.39, 0.29) is 16.7 Å². The van der Waals surface area contributed by atoms with Crippen LogP contribution < -0.4 is 16.6 Å². The summed E-state index contributed by atoms with van der Waals surface area (Å²) in [6.45, 7) is 1.96. The second kappa shape index (κ2) is 9.04. The van der Waals surface area contributed by atoms with Crippen LogP contribution in [0.15, 0.2) is 40.3 Å². The summed E-state index contributed by atoms with van der Waals surface area (Å²) in [7, 11) is 0. The highest BCUT2D eigenvalue weighted by Crippen LogP contribution is 2.25. The third kappa shape index (κ3) is 5.09. The molecular weight excluding hydrogens is 356 g/mol. The topological polar surface area (TPSA) is 138 Å². The molecule has 5 N–H and O–H groups in total. The summed E-state index contributed by atoms with van der Waals surface area (Å²) in [5.41, 5.74) is 5.37. The molecule has 1 atom stereocenters. The normalized spacial score (nSPS) is 11.7. The van der Waals surface area contributed by atoms with Gasteiger partial charge in [0, 0.05) is 5.56 Å². The molecule has 0 fully saturated rings. The summed E-state index contributed by atoms with van der Waals surface area (Å²) in [5.74, 6) is -1.64. The Balaban J connectivity index is 2.18. The molecule has 0 bridgehead atoms. The quantitative estimate of drug-likeness (QED) is 0.410. The van der Waals surface area contributed by atoms with E-state index in [2.05, 4.69) is 15.3 Å². The van der Waals surface area contributed by atoms with Crippen LogP contribution in [0, 0.1) is 0 Å². The first-order valence-corrected chi connectivity index (χ1v) is 8.96. The van der Waals surface area contributed by atoms with Crippen molar-refractivity contribution in [1.29, 1.82) is 0 Å². The summed E-state index contributed by atoms with van der Waals surface area (Å²) < 4.78 is 0. The number of amides is 1. The first-order valence-electron chi connectivity index (χ1n) is 8.08. The van der Waals surface area contributed by atoms with E-state index in [1.165, 1.54) is 0 Å². The molecule has 0 radical (unpaired) electrons. The van der Waals surface area contributed by atoms with Crippen molar-refractivity contribution in [3.63, 3.8) is 0 Å². The second-order valence-corrected chi connectivity index (χ2v) is 6.73. The number of carbonyl (C=O) groups is 2. The van der Waals surface area contributed by atoms with E-state index in [9.17, 15) is 19.5 Å². The summed E-state index contributed by atoms with van der Waals surface area (Å²) in [4.78, 5) is 42.2. The maximum Gasteiger partial charge on any atom is 0.317 e. The number of hydrogen-bond donors (Lipinski definition) is 4. The highest BCUT2D eigenvalue weighted by atomic mass is 32.2. The molecular formula is C17H20N4O4S. The number of anilines is 2. The van der Waals surface area contributed by atoms with Crippen LogP contribution in [0.2, 0.25) is 0 Å². The Kier molecular flexibility index (Phi) is 6.79. The van der Waals surface area contributed by atoms with Crippen LogP contribution in [0.5, 0.6) is 0 Å². The average molecular weight is 376 g/mol. The highest BCUT2D eigenvalue weighted by molar-refractivity contribution is 8.00. The van der Waals surface area contributed by atoms with E-state index in [0.717, 1.165) is 24.6 Å². The number of unbranched alkanes of at least 4 members (excludes halogenated alkanes) is 1. The van der Waals surface area contributed by atoms with Crippen LogP contribution >= 0.6 is 11.8 Å². The van der Waals surface area contributed by atoms with Gasteiger partial charge in [0.25, 0.3) is 11.5 Å². The predicted molar refractivity (Wildman–Crippen MR) is 100 cm³/mol. The molecule has 0 aliphatic rings. The standard InChI is InChI=1S/C17H20N4O4S/c1-2-3-9-11(16(24)25)26-17-20-13(18)12(15(23)21-17)19-14(22)10-7-5-4-6-8-10/h4-8,11H,2-3,9H2,1H3,(H,19,22)(H,24,25)(H3,18,20,21,23)/t11-/m1/s1. The molecule has 0 spiro atoms. The van der Waals surface area contributed by atoms with E-state index in [4.69, 9.17) is 5.73 Å². The third-order valence-electron chi connectivity index (χ3n) is 3.55. The largest absolute Gasteiger partial charge is 0.480 e. The Hall–Kier alpha value is -2.81. The van der Waals surface area contributed by atoms with Gasteiger partial charge in [0.1, 0.15) is 10.9 Å². The fraction of sp³-hybridized carbons (Fsp3) is 0.294. The van der Waals surface area contributed by atoms with Crippen LogP contribution in [-0.4, -0.2) is 32.2 Å². The molecule has 0 unspecified atom stereocenters. The van der Waals surface area contributed by atoms with Crippen molar-refractivity contribution in [3.05, 3.63) is 46.2 Å². The Morgan fingerprint density at radius 1 is 1.35 bits per heavy atom. The van der Waals surface area contributed by atoms with Gasteiger partial charge in [0.2, 0.25) is 0 Å². The molecule has 0 aliphatic carbocycles. The van der Waals surface area contributed by atoms with E-state index in [0.29, 0.717) is 12.0 Å². The lowest BCUT2D eigenvalue weighted by atomic mass is 10.2. The fourth-order valence-electron chi connectivity index (χ4n) is 2.18. The smallest absolute Gasteiger partial charge is 0.317 e. The molecule has 0 saturated heterocycles. The van der Waals surface area contributed by atoms with Gasteiger partial charge in [-0.25, -0.2) is 4.98 Å². The second-order valence-electron chi connectivity index (χ2n) is 5.54. The minimum atomic E-state index is -0.980. The predicted octanol–water partition coefficient (Wildman–Crippen LogP) is 2.34. The molecule has 8 nitrogen and oxygen atoms in total. The van der Waals surface area contributed by atoms with Crippen molar-refractivity contribution in [2.24, 2.45) is 0 Å². The molecule has 1 aromatic heterocycles. The lowest BCUT2D eigenvalue weighted by molar-refractivity contribution is -0.136. The lowest BCUT2D eigenvalue weighted by Crippen LogP contribution is -2.24. The van der Waals surface area contributed by atoms with Crippen molar-refractivity contribution in [2.75, 3.05) is 11.1 Å². The Labute approximate surface area is 154 Å². The summed E-state index contributed by atoms with van der Waals surface area (Å²) >= 11 is 0.930. The first-order chi connectivity index (χ1) is 12.4. The Bertz CT molecular complexity index is 838. The average Bonchev–Trinajstić information content (AvgIpc) is 2.62.